The van der Waals surface area contributed by atoms with E-state index in [9.17, 15) is 22.0 Å². The monoisotopic (exact) mass is 316 g/mol. The minimum atomic E-state index is -4.43. The van der Waals surface area contributed by atoms with Crippen molar-refractivity contribution < 1.29 is 22.0 Å². The standard InChI is InChI=1S/C15H13F5N2/c1-9(13-5-3-11(16)6-14(13)17)21-8-12-4-2-10(7-22-12)15(18,19)20/h2-7,9,21H,8H2,1H3. The number of pyridine rings is 1. The van der Waals surface area contributed by atoms with Crippen LogP contribution in [-0.2, 0) is 12.7 Å². The molecule has 2 rings (SSSR count). The molecule has 1 N–H and O–H groups in total. The van der Waals surface area contributed by atoms with Gasteiger partial charge in [0.2, 0.25) is 0 Å². The van der Waals surface area contributed by atoms with E-state index in [1.165, 1.54) is 12.1 Å². The van der Waals surface area contributed by atoms with Crippen molar-refractivity contribution in [3.63, 3.8) is 0 Å². The van der Waals surface area contributed by atoms with Crippen LogP contribution < -0.4 is 5.32 Å². The number of hydrogen-bond acceptors (Lipinski definition) is 2. The number of hydrogen-bond donors (Lipinski definition) is 1. The van der Waals surface area contributed by atoms with Gasteiger partial charge in [-0.2, -0.15) is 13.2 Å². The zero-order valence-electron chi connectivity index (χ0n) is 11.6. The molecule has 0 bridgehead atoms. The van der Waals surface area contributed by atoms with Crippen molar-refractivity contribution in [1.82, 2.24) is 10.3 Å². The fourth-order valence-electron chi connectivity index (χ4n) is 1.92. The Morgan fingerprint density at radius 1 is 1.14 bits per heavy atom. The summed E-state index contributed by atoms with van der Waals surface area (Å²) in [5, 5.41) is 2.93. The van der Waals surface area contributed by atoms with Gasteiger partial charge in [0.1, 0.15) is 11.6 Å². The Hall–Kier alpha value is -2.02. The molecule has 2 aromatic rings. The molecule has 1 heterocycles. The van der Waals surface area contributed by atoms with Gasteiger partial charge >= 0.3 is 6.18 Å². The van der Waals surface area contributed by atoms with Crippen molar-refractivity contribution in [3.05, 3.63) is 65.0 Å². The molecule has 0 spiro atoms. The van der Waals surface area contributed by atoms with Crippen LogP contribution in [0.15, 0.2) is 36.5 Å². The summed E-state index contributed by atoms with van der Waals surface area (Å²) in [5.41, 5.74) is -0.162. The Bertz CT molecular complexity index is 637. The third-order valence-electron chi connectivity index (χ3n) is 3.17. The van der Waals surface area contributed by atoms with E-state index in [4.69, 9.17) is 0 Å². The molecule has 1 aromatic carbocycles. The van der Waals surface area contributed by atoms with Gasteiger partial charge in [-0.3, -0.25) is 4.98 Å². The van der Waals surface area contributed by atoms with Crippen molar-refractivity contribution >= 4 is 0 Å². The van der Waals surface area contributed by atoms with Gasteiger partial charge in [0.25, 0.3) is 0 Å². The smallest absolute Gasteiger partial charge is 0.304 e. The molecule has 118 valence electrons. The van der Waals surface area contributed by atoms with Gasteiger partial charge in [-0.15, -0.1) is 0 Å². The lowest BCUT2D eigenvalue weighted by Crippen LogP contribution is -2.20. The van der Waals surface area contributed by atoms with Crippen LogP contribution in [0.2, 0.25) is 0 Å². The fourth-order valence-corrected chi connectivity index (χ4v) is 1.92. The molecule has 0 saturated carbocycles. The highest BCUT2D eigenvalue weighted by Gasteiger charge is 2.30. The number of nitrogens with zero attached hydrogens (tertiary/aromatic N) is 1. The molecule has 0 aliphatic rings. The highest BCUT2D eigenvalue weighted by Crippen LogP contribution is 2.28. The summed E-state index contributed by atoms with van der Waals surface area (Å²) in [6.45, 7) is 1.83. The highest BCUT2D eigenvalue weighted by atomic mass is 19.4. The van der Waals surface area contributed by atoms with E-state index in [0.29, 0.717) is 5.69 Å². The summed E-state index contributed by atoms with van der Waals surface area (Å²) in [7, 11) is 0. The lowest BCUT2D eigenvalue weighted by atomic mass is 10.1. The predicted molar refractivity (Wildman–Crippen MR) is 70.9 cm³/mol. The maximum absolute atomic E-state index is 13.6. The number of nitrogens with one attached hydrogen (secondary N) is 1. The van der Waals surface area contributed by atoms with Crippen molar-refractivity contribution in [2.45, 2.75) is 25.7 Å². The van der Waals surface area contributed by atoms with Gasteiger partial charge in [-0.05, 0) is 25.1 Å². The third-order valence-corrected chi connectivity index (χ3v) is 3.17. The number of benzene rings is 1. The Morgan fingerprint density at radius 3 is 2.41 bits per heavy atom. The molecule has 0 amide bonds. The maximum atomic E-state index is 13.6. The molecular formula is C15H13F5N2. The fraction of sp³-hybridized carbons (Fsp3) is 0.267. The molecule has 0 radical (unpaired) electrons. The van der Waals surface area contributed by atoms with E-state index < -0.39 is 29.4 Å². The molecule has 1 unspecified atom stereocenters. The summed E-state index contributed by atoms with van der Waals surface area (Å²) >= 11 is 0. The van der Waals surface area contributed by atoms with Gasteiger partial charge in [-0.1, -0.05) is 6.07 Å². The van der Waals surface area contributed by atoms with Crippen LogP contribution in [0, 0.1) is 11.6 Å². The number of aromatic nitrogens is 1. The van der Waals surface area contributed by atoms with E-state index in [2.05, 4.69) is 10.3 Å². The normalized spacial score (nSPS) is 13.2. The zero-order chi connectivity index (χ0) is 16.3. The van der Waals surface area contributed by atoms with Crippen LogP contribution in [-0.4, -0.2) is 4.98 Å². The van der Waals surface area contributed by atoms with Crippen molar-refractivity contribution in [1.29, 1.82) is 0 Å². The first kappa shape index (κ1) is 16.4. The van der Waals surface area contributed by atoms with Crippen LogP contribution in [0.4, 0.5) is 22.0 Å². The number of halogens is 5. The summed E-state index contributed by atoms with van der Waals surface area (Å²) < 4.78 is 63.6. The quantitative estimate of drug-likeness (QED) is 0.854. The maximum Gasteiger partial charge on any atom is 0.417 e. The molecule has 0 saturated heterocycles. The molecule has 2 nitrogen and oxygen atoms in total. The highest BCUT2D eigenvalue weighted by molar-refractivity contribution is 5.22. The minimum absolute atomic E-state index is 0.163. The summed E-state index contributed by atoms with van der Waals surface area (Å²) in [4.78, 5) is 3.71. The van der Waals surface area contributed by atoms with Gasteiger partial charge in [0.05, 0.1) is 11.3 Å². The van der Waals surface area contributed by atoms with Gasteiger partial charge in [0.15, 0.2) is 0 Å². The molecule has 0 fully saturated rings. The largest absolute Gasteiger partial charge is 0.417 e. The Morgan fingerprint density at radius 2 is 1.86 bits per heavy atom. The second kappa shape index (κ2) is 6.39. The van der Waals surface area contributed by atoms with Crippen LogP contribution in [0.25, 0.3) is 0 Å². The lowest BCUT2D eigenvalue weighted by molar-refractivity contribution is -0.137. The molecule has 1 aromatic heterocycles. The molecule has 0 aliphatic carbocycles. The van der Waals surface area contributed by atoms with Gasteiger partial charge in [0, 0.05) is 30.4 Å². The summed E-state index contributed by atoms with van der Waals surface area (Å²) in [6, 6.07) is 5.00. The van der Waals surface area contributed by atoms with Crippen molar-refractivity contribution in [2.75, 3.05) is 0 Å². The minimum Gasteiger partial charge on any atom is -0.304 e. The number of alkyl halides is 3. The zero-order valence-corrected chi connectivity index (χ0v) is 11.6. The first-order chi connectivity index (χ1) is 10.3. The first-order valence-corrected chi connectivity index (χ1v) is 6.48. The van der Waals surface area contributed by atoms with E-state index in [-0.39, 0.29) is 12.1 Å². The van der Waals surface area contributed by atoms with Crippen LogP contribution in [0.1, 0.15) is 29.8 Å². The molecular weight excluding hydrogens is 303 g/mol. The van der Waals surface area contributed by atoms with E-state index in [0.717, 1.165) is 24.4 Å². The average molecular weight is 316 g/mol. The molecule has 0 aliphatic heterocycles. The van der Waals surface area contributed by atoms with Crippen molar-refractivity contribution in [2.24, 2.45) is 0 Å². The number of rotatable bonds is 4. The van der Waals surface area contributed by atoms with Crippen LogP contribution >= 0.6 is 0 Å². The lowest BCUT2D eigenvalue weighted by Gasteiger charge is -2.15. The van der Waals surface area contributed by atoms with Gasteiger partial charge < -0.3 is 5.32 Å². The Kier molecular flexibility index (Phi) is 4.75. The summed E-state index contributed by atoms with van der Waals surface area (Å²) in [5.74, 6) is -1.35. The van der Waals surface area contributed by atoms with E-state index in [1.807, 2.05) is 0 Å². The predicted octanol–water partition coefficient (Wildman–Crippen LogP) is 4.23. The first-order valence-electron chi connectivity index (χ1n) is 6.48. The summed E-state index contributed by atoms with van der Waals surface area (Å²) in [6.07, 6.45) is -3.68. The molecule has 22 heavy (non-hydrogen) atoms. The molecule has 7 heteroatoms. The third kappa shape index (κ3) is 4.00. The molecule has 1 atom stereocenters. The SMILES string of the molecule is CC(NCc1ccc(C(F)(F)F)cn1)c1ccc(F)cc1F. The second-order valence-electron chi connectivity index (χ2n) is 4.80. The Labute approximate surface area is 124 Å². The average Bonchev–Trinajstić information content (AvgIpc) is 2.44. The van der Waals surface area contributed by atoms with Crippen molar-refractivity contribution in [3.8, 4) is 0 Å². The van der Waals surface area contributed by atoms with Crippen LogP contribution in [0.5, 0.6) is 0 Å². The van der Waals surface area contributed by atoms with E-state index in [1.54, 1.807) is 6.92 Å². The topological polar surface area (TPSA) is 24.9 Å². The van der Waals surface area contributed by atoms with Gasteiger partial charge in [-0.25, -0.2) is 8.78 Å². The van der Waals surface area contributed by atoms with E-state index >= 15 is 0 Å². The second-order valence-corrected chi connectivity index (χ2v) is 4.80. The Balaban J connectivity index is 2.00. The van der Waals surface area contributed by atoms with Crippen LogP contribution in [0.3, 0.4) is 0 Å².